The van der Waals surface area contributed by atoms with Crippen LogP contribution in [0, 0.1) is 28.6 Å². The lowest BCUT2D eigenvalue weighted by atomic mass is 9.70. The topological polar surface area (TPSA) is 53.2 Å². The fourth-order valence-corrected chi connectivity index (χ4v) is 3.19. The molecule has 0 aromatic carbocycles. The summed E-state index contributed by atoms with van der Waals surface area (Å²) < 4.78 is 5.31. The summed E-state index contributed by atoms with van der Waals surface area (Å²) in [5.74, 6) is 0.983. The van der Waals surface area contributed by atoms with Gasteiger partial charge in [-0.15, -0.1) is 0 Å². The molecule has 1 saturated carbocycles. The fourth-order valence-electron chi connectivity index (χ4n) is 3.19. The predicted molar refractivity (Wildman–Crippen MR) is 60.6 cm³/mol. The molecule has 0 amide bonds. The third-order valence-corrected chi connectivity index (χ3v) is 4.26. The molecule has 90 valence electrons. The summed E-state index contributed by atoms with van der Waals surface area (Å²) in [5, 5.41) is 19.7. The Kier molecular flexibility index (Phi) is 3.51. The van der Waals surface area contributed by atoms with Crippen molar-refractivity contribution in [2.24, 2.45) is 17.3 Å². The molecule has 0 spiro atoms. The third-order valence-electron chi connectivity index (χ3n) is 4.26. The van der Waals surface area contributed by atoms with Crippen LogP contribution in [-0.4, -0.2) is 24.4 Å². The number of aliphatic hydroxyl groups is 1. The van der Waals surface area contributed by atoms with Gasteiger partial charge in [0, 0.05) is 6.61 Å². The molecule has 1 N–H and O–H groups in total. The van der Waals surface area contributed by atoms with E-state index in [0.29, 0.717) is 31.5 Å². The summed E-state index contributed by atoms with van der Waals surface area (Å²) in [6.07, 6.45) is 4.77. The fraction of sp³-hybridized carbons (Fsp3) is 0.923. The van der Waals surface area contributed by atoms with Gasteiger partial charge in [-0.3, -0.25) is 0 Å². The van der Waals surface area contributed by atoms with E-state index < -0.39 is 11.5 Å². The van der Waals surface area contributed by atoms with E-state index in [9.17, 15) is 10.4 Å². The molecule has 2 fully saturated rings. The summed E-state index contributed by atoms with van der Waals surface area (Å²) in [7, 11) is 0. The minimum atomic E-state index is -0.623. The van der Waals surface area contributed by atoms with Gasteiger partial charge in [0.1, 0.15) is 5.41 Å². The van der Waals surface area contributed by atoms with Crippen LogP contribution in [0.15, 0.2) is 0 Å². The van der Waals surface area contributed by atoms with E-state index in [1.165, 1.54) is 12.8 Å². The van der Waals surface area contributed by atoms with E-state index in [4.69, 9.17) is 4.74 Å². The molecule has 0 bridgehead atoms. The first-order valence-electron chi connectivity index (χ1n) is 6.35. The van der Waals surface area contributed by atoms with Crippen LogP contribution in [0.5, 0.6) is 0 Å². The van der Waals surface area contributed by atoms with Crippen molar-refractivity contribution in [3.05, 3.63) is 0 Å². The van der Waals surface area contributed by atoms with Gasteiger partial charge in [0.2, 0.25) is 0 Å². The molecule has 0 aromatic rings. The van der Waals surface area contributed by atoms with Crippen LogP contribution < -0.4 is 0 Å². The molecule has 2 rings (SSSR count). The lowest BCUT2D eigenvalue weighted by Gasteiger charge is -2.36. The van der Waals surface area contributed by atoms with Crippen LogP contribution in [0.4, 0.5) is 0 Å². The van der Waals surface area contributed by atoms with Gasteiger partial charge in [-0.25, -0.2) is 0 Å². The molecule has 1 aliphatic heterocycles. The molecule has 3 nitrogen and oxygen atoms in total. The first kappa shape index (κ1) is 11.9. The number of nitriles is 1. The summed E-state index contributed by atoms with van der Waals surface area (Å²) >= 11 is 0. The molecule has 16 heavy (non-hydrogen) atoms. The van der Waals surface area contributed by atoms with E-state index in [2.05, 4.69) is 13.0 Å². The predicted octanol–water partition coefficient (Wildman–Crippen LogP) is 2.10. The van der Waals surface area contributed by atoms with Crippen LogP contribution in [0.25, 0.3) is 0 Å². The Morgan fingerprint density at radius 3 is 2.88 bits per heavy atom. The standard InChI is InChI=1S/C13H21NO2/c1-10-3-2-4-11(7-10)12(15)13(8-14)5-6-16-9-13/h10-12,15H,2-7,9H2,1H3. The number of hydrogen-bond acceptors (Lipinski definition) is 3. The Labute approximate surface area is 97.4 Å². The Balaban J connectivity index is 2.05. The number of aliphatic hydroxyl groups excluding tert-OH is 1. The average molecular weight is 223 g/mol. The van der Waals surface area contributed by atoms with Crippen LogP contribution in [0.3, 0.4) is 0 Å². The number of rotatable bonds is 2. The van der Waals surface area contributed by atoms with Crippen molar-refractivity contribution in [2.75, 3.05) is 13.2 Å². The largest absolute Gasteiger partial charge is 0.391 e. The quantitative estimate of drug-likeness (QED) is 0.780. The van der Waals surface area contributed by atoms with Crippen LogP contribution in [-0.2, 0) is 4.74 Å². The van der Waals surface area contributed by atoms with Gasteiger partial charge in [-0.1, -0.05) is 19.8 Å². The van der Waals surface area contributed by atoms with E-state index in [0.717, 1.165) is 12.8 Å². The van der Waals surface area contributed by atoms with Crippen LogP contribution in [0.2, 0.25) is 0 Å². The van der Waals surface area contributed by atoms with Crippen LogP contribution >= 0.6 is 0 Å². The zero-order chi connectivity index (χ0) is 11.6. The first-order valence-corrected chi connectivity index (χ1v) is 6.35. The summed E-state index contributed by atoms with van der Waals surface area (Å²) in [5.41, 5.74) is -0.623. The molecule has 1 heterocycles. The highest BCUT2D eigenvalue weighted by molar-refractivity contribution is 5.07. The van der Waals surface area contributed by atoms with Crippen molar-refractivity contribution in [3.8, 4) is 6.07 Å². The van der Waals surface area contributed by atoms with E-state index in [-0.39, 0.29) is 0 Å². The van der Waals surface area contributed by atoms with Crippen LogP contribution in [0.1, 0.15) is 39.0 Å². The Bertz CT molecular complexity index is 278. The molecular weight excluding hydrogens is 202 g/mol. The molecule has 1 saturated heterocycles. The Hall–Kier alpha value is -0.590. The minimum absolute atomic E-state index is 0.296. The highest BCUT2D eigenvalue weighted by Gasteiger charge is 2.46. The van der Waals surface area contributed by atoms with Crippen molar-refractivity contribution in [3.63, 3.8) is 0 Å². The maximum absolute atomic E-state index is 10.4. The van der Waals surface area contributed by atoms with Gasteiger partial charge in [0.15, 0.2) is 0 Å². The van der Waals surface area contributed by atoms with Crippen molar-refractivity contribution < 1.29 is 9.84 Å². The van der Waals surface area contributed by atoms with E-state index >= 15 is 0 Å². The minimum Gasteiger partial charge on any atom is -0.391 e. The van der Waals surface area contributed by atoms with Crippen molar-refractivity contribution >= 4 is 0 Å². The van der Waals surface area contributed by atoms with Gasteiger partial charge < -0.3 is 9.84 Å². The van der Waals surface area contributed by atoms with Gasteiger partial charge in [0.25, 0.3) is 0 Å². The SMILES string of the molecule is CC1CCCC(C(O)C2(C#N)CCOC2)C1. The molecule has 0 radical (unpaired) electrons. The maximum Gasteiger partial charge on any atom is 0.109 e. The van der Waals surface area contributed by atoms with E-state index in [1.807, 2.05) is 0 Å². The summed E-state index contributed by atoms with van der Waals surface area (Å²) in [6, 6.07) is 2.31. The highest BCUT2D eigenvalue weighted by atomic mass is 16.5. The zero-order valence-corrected chi connectivity index (χ0v) is 9.98. The highest BCUT2D eigenvalue weighted by Crippen LogP contribution is 2.41. The molecule has 1 aliphatic carbocycles. The second-order valence-electron chi connectivity index (χ2n) is 5.55. The van der Waals surface area contributed by atoms with Gasteiger partial charge in [0.05, 0.1) is 18.8 Å². The smallest absolute Gasteiger partial charge is 0.109 e. The Morgan fingerprint density at radius 2 is 2.31 bits per heavy atom. The number of nitrogens with zero attached hydrogens (tertiary/aromatic N) is 1. The molecule has 0 aromatic heterocycles. The third kappa shape index (κ3) is 2.09. The maximum atomic E-state index is 10.4. The summed E-state index contributed by atoms with van der Waals surface area (Å²) in [6.45, 7) is 3.27. The molecule has 4 unspecified atom stereocenters. The normalized spacial score (nSPS) is 41.6. The lowest BCUT2D eigenvalue weighted by Crippen LogP contribution is -2.41. The van der Waals surface area contributed by atoms with Crippen molar-refractivity contribution in [1.29, 1.82) is 5.26 Å². The Morgan fingerprint density at radius 1 is 1.50 bits per heavy atom. The zero-order valence-electron chi connectivity index (χ0n) is 9.98. The average Bonchev–Trinajstić information content (AvgIpc) is 2.78. The number of hydrogen-bond donors (Lipinski definition) is 1. The second-order valence-corrected chi connectivity index (χ2v) is 5.55. The molecule has 4 atom stereocenters. The first-order chi connectivity index (χ1) is 7.68. The lowest BCUT2D eigenvalue weighted by molar-refractivity contribution is -0.0124. The van der Waals surface area contributed by atoms with Crippen molar-refractivity contribution in [2.45, 2.75) is 45.1 Å². The molecule has 2 aliphatic rings. The monoisotopic (exact) mass is 223 g/mol. The van der Waals surface area contributed by atoms with Gasteiger partial charge >= 0.3 is 0 Å². The van der Waals surface area contributed by atoms with Gasteiger partial charge in [-0.2, -0.15) is 5.26 Å². The number of ether oxygens (including phenoxy) is 1. The van der Waals surface area contributed by atoms with Crippen molar-refractivity contribution in [1.82, 2.24) is 0 Å². The van der Waals surface area contributed by atoms with E-state index in [1.54, 1.807) is 0 Å². The summed E-state index contributed by atoms with van der Waals surface area (Å²) in [4.78, 5) is 0. The molecule has 3 heteroatoms. The molecular formula is C13H21NO2. The second kappa shape index (κ2) is 4.73. The van der Waals surface area contributed by atoms with Gasteiger partial charge in [-0.05, 0) is 31.1 Å².